The molecule has 0 saturated carbocycles. The third kappa shape index (κ3) is 2.81. The van der Waals surface area contributed by atoms with Crippen molar-refractivity contribution in [2.45, 2.75) is 13.5 Å². The number of aromatic carboxylic acids is 1. The first-order valence-electron chi connectivity index (χ1n) is 6.07. The number of aromatic nitrogens is 1. The van der Waals surface area contributed by atoms with Crippen molar-refractivity contribution < 1.29 is 14.8 Å². The largest absolute Gasteiger partial charge is 0.477 e. The average molecular weight is 288 g/mol. The van der Waals surface area contributed by atoms with Crippen molar-refractivity contribution in [3.63, 3.8) is 0 Å². The molecule has 0 amide bonds. The number of carboxylic acids is 1. The molecule has 0 bridgehead atoms. The van der Waals surface area contributed by atoms with Gasteiger partial charge in [0.05, 0.1) is 11.5 Å². The summed E-state index contributed by atoms with van der Waals surface area (Å²) in [6.45, 7) is 1.67. The van der Waals surface area contributed by atoms with Crippen LogP contribution in [0.25, 0.3) is 0 Å². The van der Waals surface area contributed by atoms with Crippen LogP contribution in [0, 0.1) is 17.0 Å². The molecule has 0 unspecified atom stereocenters. The minimum atomic E-state index is -1.30. The number of pyridine rings is 1. The first-order chi connectivity index (χ1) is 9.91. The van der Waals surface area contributed by atoms with E-state index >= 15 is 0 Å². The van der Waals surface area contributed by atoms with Gasteiger partial charge in [0.25, 0.3) is 11.2 Å². The molecule has 2 rings (SSSR count). The fourth-order valence-electron chi connectivity index (χ4n) is 2.05. The molecule has 0 aliphatic heterocycles. The summed E-state index contributed by atoms with van der Waals surface area (Å²) >= 11 is 0. The molecular weight excluding hydrogens is 276 g/mol. The first-order valence-corrected chi connectivity index (χ1v) is 6.07. The molecule has 0 radical (unpaired) electrons. The number of nitro groups is 1. The van der Waals surface area contributed by atoms with Gasteiger partial charge in [0, 0.05) is 17.8 Å². The maximum Gasteiger partial charge on any atom is 0.341 e. The summed E-state index contributed by atoms with van der Waals surface area (Å²) in [5.74, 6) is -1.30. The molecule has 1 aromatic carbocycles. The highest BCUT2D eigenvalue weighted by atomic mass is 16.6. The van der Waals surface area contributed by atoms with Crippen LogP contribution >= 0.6 is 0 Å². The molecule has 0 atom stereocenters. The summed E-state index contributed by atoms with van der Waals surface area (Å²) < 4.78 is 1.22. The smallest absolute Gasteiger partial charge is 0.341 e. The van der Waals surface area contributed by atoms with E-state index in [4.69, 9.17) is 5.11 Å². The number of carboxylic acid groups (broad SMARTS) is 1. The predicted octanol–water partition coefficient (Wildman–Crippen LogP) is 1.81. The summed E-state index contributed by atoms with van der Waals surface area (Å²) in [5.41, 5.74) is 0.0374. The minimum absolute atomic E-state index is 0.0325. The lowest BCUT2D eigenvalue weighted by Crippen LogP contribution is -2.26. The van der Waals surface area contributed by atoms with Gasteiger partial charge in [0.1, 0.15) is 5.56 Å². The predicted molar refractivity (Wildman–Crippen MR) is 74.6 cm³/mol. The van der Waals surface area contributed by atoms with Gasteiger partial charge in [-0.05, 0) is 24.6 Å². The van der Waals surface area contributed by atoms with Crippen molar-refractivity contribution in [1.82, 2.24) is 4.57 Å². The molecule has 1 heterocycles. The van der Waals surface area contributed by atoms with Crippen LogP contribution < -0.4 is 5.56 Å². The van der Waals surface area contributed by atoms with Crippen molar-refractivity contribution in [3.8, 4) is 0 Å². The maximum absolute atomic E-state index is 12.0. The SMILES string of the molecule is Cc1c(Cn2cccc(C(=O)O)c2=O)cccc1[N+](=O)[O-]. The monoisotopic (exact) mass is 288 g/mol. The molecule has 0 spiro atoms. The van der Waals surface area contributed by atoms with Gasteiger partial charge >= 0.3 is 5.97 Å². The lowest BCUT2D eigenvalue weighted by Gasteiger charge is -2.09. The molecule has 1 aromatic heterocycles. The van der Waals surface area contributed by atoms with Crippen molar-refractivity contribution in [1.29, 1.82) is 0 Å². The van der Waals surface area contributed by atoms with E-state index in [0.717, 1.165) is 0 Å². The fourth-order valence-corrected chi connectivity index (χ4v) is 2.05. The van der Waals surface area contributed by atoms with Gasteiger partial charge in [-0.2, -0.15) is 0 Å². The lowest BCUT2D eigenvalue weighted by atomic mass is 10.1. The van der Waals surface area contributed by atoms with E-state index in [1.54, 1.807) is 13.0 Å². The molecule has 1 N–H and O–H groups in total. The second-order valence-corrected chi connectivity index (χ2v) is 4.48. The summed E-state index contributed by atoms with van der Waals surface area (Å²) in [6, 6.07) is 7.27. The van der Waals surface area contributed by atoms with Gasteiger partial charge in [-0.15, -0.1) is 0 Å². The van der Waals surface area contributed by atoms with Gasteiger partial charge in [-0.1, -0.05) is 12.1 Å². The van der Waals surface area contributed by atoms with Crippen LogP contribution in [0.2, 0.25) is 0 Å². The van der Waals surface area contributed by atoms with Gasteiger partial charge in [0.15, 0.2) is 0 Å². The summed E-state index contributed by atoms with van der Waals surface area (Å²) in [7, 11) is 0. The zero-order chi connectivity index (χ0) is 15.6. The van der Waals surface area contributed by atoms with E-state index < -0.39 is 16.5 Å². The quantitative estimate of drug-likeness (QED) is 0.682. The molecule has 0 saturated heterocycles. The van der Waals surface area contributed by atoms with Gasteiger partial charge in [-0.25, -0.2) is 4.79 Å². The number of benzene rings is 1. The third-order valence-electron chi connectivity index (χ3n) is 3.21. The number of hydrogen-bond acceptors (Lipinski definition) is 4. The Morgan fingerprint density at radius 1 is 1.33 bits per heavy atom. The molecule has 0 aliphatic rings. The van der Waals surface area contributed by atoms with E-state index in [2.05, 4.69) is 0 Å². The normalized spacial score (nSPS) is 10.3. The molecule has 2 aromatic rings. The Labute approximate surface area is 119 Å². The van der Waals surface area contributed by atoms with Crippen LogP contribution in [0.3, 0.4) is 0 Å². The number of carbonyl (C=O) groups is 1. The molecule has 7 heteroatoms. The molecular formula is C14H12N2O5. The maximum atomic E-state index is 12.0. The minimum Gasteiger partial charge on any atom is -0.477 e. The Kier molecular flexibility index (Phi) is 3.84. The van der Waals surface area contributed by atoms with E-state index in [9.17, 15) is 19.7 Å². The Morgan fingerprint density at radius 2 is 2.05 bits per heavy atom. The summed E-state index contributed by atoms with van der Waals surface area (Å²) in [4.78, 5) is 33.3. The third-order valence-corrected chi connectivity index (χ3v) is 3.21. The lowest BCUT2D eigenvalue weighted by molar-refractivity contribution is -0.385. The van der Waals surface area contributed by atoms with E-state index in [-0.39, 0.29) is 17.8 Å². The first kappa shape index (κ1) is 14.4. The van der Waals surface area contributed by atoms with E-state index in [1.807, 2.05) is 0 Å². The van der Waals surface area contributed by atoms with Crippen LogP contribution in [0.1, 0.15) is 21.5 Å². The van der Waals surface area contributed by atoms with E-state index in [0.29, 0.717) is 11.1 Å². The Morgan fingerprint density at radius 3 is 2.67 bits per heavy atom. The number of hydrogen-bond donors (Lipinski definition) is 1. The van der Waals surface area contributed by atoms with Crippen LogP contribution in [0.5, 0.6) is 0 Å². The Balaban J connectivity index is 2.47. The topological polar surface area (TPSA) is 102 Å². The zero-order valence-electron chi connectivity index (χ0n) is 11.1. The number of rotatable bonds is 4. The highest BCUT2D eigenvalue weighted by Gasteiger charge is 2.15. The van der Waals surface area contributed by atoms with Crippen LogP contribution in [-0.2, 0) is 6.54 Å². The second-order valence-electron chi connectivity index (χ2n) is 4.48. The van der Waals surface area contributed by atoms with Crippen molar-refractivity contribution in [2.24, 2.45) is 0 Å². The van der Waals surface area contributed by atoms with Gasteiger partial charge in [0.2, 0.25) is 0 Å². The Bertz CT molecular complexity index is 779. The number of nitro benzene ring substituents is 1. The molecule has 0 aliphatic carbocycles. The summed E-state index contributed by atoms with van der Waals surface area (Å²) in [5, 5.41) is 19.8. The van der Waals surface area contributed by atoms with Crippen molar-refractivity contribution in [3.05, 3.63) is 73.7 Å². The van der Waals surface area contributed by atoms with Crippen LogP contribution in [-0.4, -0.2) is 20.6 Å². The highest BCUT2D eigenvalue weighted by molar-refractivity contribution is 5.86. The Hall–Kier alpha value is -2.96. The second kappa shape index (κ2) is 5.58. The van der Waals surface area contributed by atoms with Crippen LogP contribution in [0.15, 0.2) is 41.3 Å². The summed E-state index contributed by atoms with van der Waals surface area (Å²) in [6.07, 6.45) is 1.45. The highest BCUT2D eigenvalue weighted by Crippen LogP contribution is 2.21. The molecule has 108 valence electrons. The molecule has 0 fully saturated rings. The molecule has 21 heavy (non-hydrogen) atoms. The van der Waals surface area contributed by atoms with Crippen LogP contribution in [0.4, 0.5) is 5.69 Å². The fraction of sp³-hybridized carbons (Fsp3) is 0.143. The van der Waals surface area contributed by atoms with Crippen molar-refractivity contribution in [2.75, 3.05) is 0 Å². The average Bonchev–Trinajstić information content (AvgIpc) is 2.42. The zero-order valence-corrected chi connectivity index (χ0v) is 11.1. The number of nitrogens with zero attached hydrogens (tertiary/aromatic N) is 2. The van der Waals surface area contributed by atoms with E-state index in [1.165, 1.54) is 35.0 Å². The van der Waals surface area contributed by atoms with Gasteiger partial charge in [-0.3, -0.25) is 14.9 Å². The molecule has 7 nitrogen and oxygen atoms in total. The van der Waals surface area contributed by atoms with Crippen molar-refractivity contribution >= 4 is 11.7 Å². The standard InChI is InChI=1S/C14H12N2O5/c1-9-10(4-2-6-12(9)16(20)21)8-15-7-3-5-11(13(15)17)14(18)19/h2-7H,8H2,1H3,(H,18,19). The van der Waals surface area contributed by atoms with Gasteiger partial charge < -0.3 is 9.67 Å².